The lowest BCUT2D eigenvalue weighted by Gasteiger charge is -2.17. The molecule has 3 rings (SSSR count). The Balaban J connectivity index is 1.83. The minimum atomic E-state index is -3.65. The van der Waals surface area contributed by atoms with Gasteiger partial charge in [-0.15, -0.1) is 0 Å². The van der Waals surface area contributed by atoms with Crippen LogP contribution in [0.4, 0.5) is 5.69 Å². The molecule has 2 aromatic rings. The molecule has 0 atom stereocenters. The Kier molecular flexibility index (Phi) is 6.99. The van der Waals surface area contributed by atoms with Crippen molar-refractivity contribution in [3.63, 3.8) is 0 Å². The lowest BCUT2D eigenvalue weighted by atomic mass is 10.1. The fraction of sp³-hybridized carbons (Fsp3) is 0.409. The fourth-order valence-corrected chi connectivity index (χ4v) is 4.58. The van der Waals surface area contributed by atoms with Gasteiger partial charge in [-0.25, -0.2) is 13.1 Å². The predicted octanol–water partition coefficient (Wildman–Crippen LogP) is 3.88. The maximum atomic E-state index is 12.9. The molecule has 0 saturated heterocycles. The summed E-state index contributed by atoms with van der Waals surface area (Å²) >= 11 is 0. The number of amides is 1. The minimum absolute atomic E-state index is 0.0556. The Labute approximate surface area is 177 Å². The first-order valence-electron chi connectivity index (χ1n) is 10.1. The maximum Gasteiger partial charge on any atom is 0.255 e. The summed E-state index contributed by atoms with van der Waals surface area (Å²) in [5.74, 6) is 0.801. The van der Waals surface area contributed by atoms with E-state index >= 15 is 0 Å². The SMILES string of the molecule is CCNS(=O)(=O)c1ccc(C)c(C(=O)Nc2ccc(OC)c(OC3CCCC3)c2)c1. The summed E-state index contributed by atoms with van der Waals surface area (Å²) in [7, 11) is -2.07. The summed E-state index contributed by atoms with van der Waals surface area (Å²) in [5.41, 5.74) is 1.52. The van der Waals surface area contributed by atoms with E-state index in [9.17, 15) is 13.2 Å². The molecule has 0 radical (unpaired) electrons. The van der Waals surface area contributed by atoms with Gasteiger partial charge in [0, 0.05) is 23.9 Å². The number of ether oxygens (including phenoxy) is 2. The number of methoxy groups -OCH3 is 1. The van der Waals surface area contributed by atoms with Gasteiger partial charge in [0.15, 0.2) is 11.5 Å². The summed E-state index contributed by atoms with van der Waals surface area (Å²) in [6, 6.07) is 9.73. The number of hydrogen-bond acceptors (Lipinski definition) is 5. The Hall–Kier alpha value is -2.58. The van der Waals surface area contributed by atoms with Crippen molar-refractivity contribution in [3.05, 3.63) is 47.5 Å². The first-order valence-corrected chi connectivity index (χ1v) is 11.6. The van der Waals surface area contributed by atoms with Crippen LogP contribution in [0.2, 0.25) is 0 Å². The Morgan fingerprint density at radius 1 is 1.10 bits per heavy atom. The summed E-state index contributed by atoms with van der Waals surface area (Å²) in [4.78, 5) is 12.9. The topological polar surface area (TPSA) is 93.7 Å². The molecule has 0 bridgehead atoms. The van der Waals surface area contributed by atoms with E-state index in [0.29, 0.717) is 28.3 Å². The molecule has 30 heavy (non-hydrogen) atoms. The largest absolute Gasteiger partial charge is 0.493 e. The number of sulfonamides is 1. The Morgan fingerprint density at radius 3 is 2.50 bits per heavy atom. The summed E-state index contributed by atoms with van der Waals surface area (Å²) in [6.45, 7) is 3.74. The second-order valence-corrected chi connectivity index (χ2v) is 9.09. The molecule has 1 fully saturated rings. The molecular weight excluding hydrogens is 404 g/mol. The van der Waals surface area contributed by atoms with Crippen molar-refractivity contribution in [1.29, 1.82) is 0 Å². The number of aryl methyl sites for hydroxylation is 1. The van der Waals surface area contributed by atoms with Gasteiger partial charge in [-0.2, -0.15) is 0 Å². The highest BCUT2D eigenvalue weighted by molar-refractivity contribution is 7.89. The highest BCUT2D eigenvalue weighted by atomic mass is 32.2. The number of carbonyl (C=O) groups is 1. The average Bonchev–Trinajstić information content (AvgIpc) is 3.21. The Bertz CT molecular complexity index is 1010. The van der Waals surface area contributed by atoms with Crippen LogP contribution >= 0.6 is 0 Å². The third kappa shape index (κ3) is 5.12. The standard InChI is InChI=1S/C22H28N2O5S/c1-4-23-30(26,27)18-11-9-15(2)19(14-18)22(25)24-16-10-12-20(28-3)21(13-16)29-17-7-5-6-8-17/h9-14,17,23H,4-8H2,1-3H3,(H,24,25). The molecule has 0 spiro atoms. The number of rotatable bonds is 8. The number of hydrogen-bond donors (Lipinski definition) is 2. The Morgan fingerprint density at radius 2 is 1.83 bits per heavy atom. The van der Waals surface area contributed by atoms with Gasteiger partial charge in [-0.1, -0.05) is 13.0 Å². The zero-order chi connectivity index (χ0) is 21.7. The molecule has 1 aliphatic rings. The summed E-state index contributed by atoms with van der Waals surface area (Å²) in [6.07, 6.45) is 4.46. The van der Waals surface area contributed by atoms with Gasteiger partial charge in [-0.05, 0) is 62.4 Å². The average molecular weight is 433 g/mol. The highest BCUT2D eigenvalue weighted by Gasteiger charge is 2.20. The van der Waals surface area contributed by atoms with Crippen molar-refractivity contribution in [2.24, 2.45) is 0 Å². The molecule has 7 nitrogen and oxygen atoms in total. The molecule has 0 heterocycles. The first-order chi connectivity index (χ1) is 14.3. The van der Waals surface area contributed by atoms with E-state index in [1.165, 1.54) is 12.1 Å². The van der Waals surface area contributed by atoms with Crippen LogP contribution in [-0.2, 0) is 10.0 Å². The van der Waals surface area contributed by atoms with E-state index in [1.807, 2.05) is 0 Å². The second kappa shape index (κ2) is 9.49. The van der Waals surface area contributed by atoms with Gasteiger partial charge in [0.2, 0.25) is 10.0 Å². The number of benzene rings is 2. The van der Waals surface area contributed by atoms with E-state index in [1.54, 1.807) is 45.2 Å². The van der Waals surface area contributed by atoms with Crippen molar-refractivity contribution < 1.29 is 22.7 Å². The normalized spacial score (nSPS) is 14.5. The van der Waals surface area contributed by atoms with Crippen LogP contribution in [-0.4, -0.2) is 34.1 Å². The van der Waals surface area contributed by atoms with Crippen LogP contribution in [0.5, 0.6) is 11.5 Å². The molecule has 1 saturated carbocycles. The van der Waals surface area contributed by atoms with Crippen molar-refractivity contribution in [3.8, 4) is 11.5 Å². The quantitative estimate of drug-likeness (QED) is 0.660. The maximum absolute atomic E-state index is 12.9. The van der Waals surface area contributed by atoms with E-state index < -0.39 is 15.9 Å². The molecule has 1 amide bonds. The van der Waals surface area contributed by atoms with Gasteiger partial charge >= 0.3 is 0 Å². The lowest BCUT2D eigenvalue weighted by Crippen LogP contribution is -2.24. The van der Waals surface area contributed by atoms with E-state index in [0.717, 1.165) is 25.7 Å². The third-order valence-electron chi connectivity index (χ3n) is 5.12. The number of nitrogens with one attached hydrogen (secondary N) is 2. The second-order valence-electron chi connectivity index (χ2n) is 7.32. The highest BCUT2D eigenvalue weighted by Crippen LogP contribution is 2.34. The minimum Gasteiger partial charge on any atom is -0.493 e. The van der Waals surface area contributed by atoms with Gasteiger partial charge in [0.25, 0.3) is 5.91 Å². The van der Waals surface area contributed by atoms with Crippen molar-refractivity contribution in [2.75, 3.05) is 19.0 Å². The molecule has 2 aromatic carbocycles. The summed E-state index contributed by atoms with van der Waals surface area (Å²) < 4.78 is 38.5. The van der Waals surface area contributed by atoms with Gasteiger partial charge < -0.3 is 14.8 Å². The smallest absolute Gasteiger partial charge is 0.255 e. The third-order valence-corrected chi connectivity index (χ3v) is 6.66. The van der Waals surface area contributed by atoms with Crippen LogP contribution in [0.25, 0.3) is 0 Å². The van der Waals surface area contributed by atoms with Gasteiger partial charge in [0.1, 0.15) is 0 Å². The fourth-order valence-electron chi connectivity index (χ4n) is 3.52. The predicted molar refractivity (Wildman–Crippen MR) is 116 cm³/mol. The van der Waals surface area contributed by atoms with Crippen molar-refractivity contribution in [2.45, 2.75) is 50.5 Å². The van der Waals surface area contributed by atoms with Crippen LogP contribution in [0, 0.1) is 6.92 Å². The number of carbonyl (C=O) groups excluding carboxylic acids is 1. The zero-order valence-electron chi connectivity index (χ0n) is 17.5. The first kappa shape index (κ1) is 22.1. The zero-order valence-corrected chi connectivity index (χ0v) is 18.3. The van der Waals surface area contributed by atoms with Gasteiger partial charge in [0.05, 0.1) is 18.1 Å². The number of anilines is 1. The van der Waals surface area contributed by atoms with Crippen molar-refractivity contribution in [1.82, 2.24) is 4.72 Å². The molecule has 0 aliphatic heterocycles. The van der Waals surface area contributed by atoms with Crippen LogP contribution in [0.1, 0.15) is 48.5 Å². The van der Waals surface area contributed by atoms with Crippen LogP contribution in [0.3, 0.4) is 0 Å². The molecule has 0 aromatic heterocycles. The van der Waals surface area contributed by atoms with Crippen LogP contribution < -0.4 is 19.5 Å². The lowest BCUT2D eigenvalue weighted by molar-refractivity contribution is 0.102. The van der Waals surface area contributed by atoms with Crippen LogP contribution in [0.15, 0.2) is 41.3 Å². The molecule has 0 unspecified atom stereocenters. The van der Waals surface area contributed by atoms with E-state index in [4.69, 9.17) is 9.47 Å². The summed E-state index contributed by atoms with van der Waals surface area (Å²) in [5, 5.41) is 2.84. The molecule has 1 aliphatic carbocycles. The van der Waals surface area contributed by atoms with E-state index in [-0.39, 0.29) is 17.5 Å². The molecule has 162 valence electrons. The monoisotopic (exact) mass is 432 g/mol. The van der Waals surface area contributed by atoms with E-state index in [2.05, 4.69) is 10.0 Å². The van der Waals surface area contributed by atoms with Crippen molar-refractivity contribution >= 4 is 21.6 Å². The molecular formula is C22H28N2O5S. The van der Waals surface area contributed by atoms with Gasteiger partial charge in [-0.3, -0.25) is 4.79 Å². The molecule has 8 heteroatoms. The molecule has 2 N–H and O–H groups in total.